The molecule has 0 fully saturated rings. The quantitative estimate of drug-likeness (QED) is 0.401. The van der Waals surface area contributed by atoms with Gasteiger partial charge in [-0.15, -0.1) is 0 Å². The highest BCUT2D eigenvalue weighted by Gasteiger charge is 1.60. The fourth-order valence-corrected chi connectivity index (χ4v) is 0. The van der Waals surface area contributed by atoms with Crippen molar-refractivity contribution in [1.82, 2.24) is 0 Å². The van der Waals surface area contributed by atoms with Gasteiger partial charge in [0.25, 0.3) is 0 Å². The molecule has 0 radical (unpaired) electrons. The predicted molar refractivity (Wildman–Crippen MR) is 32.0 cm³/mol. The van der Waals surface area contributed by atoms with Crippen LogP contribution >= 0.6 is 9.90 Å². The molecule has 7 heavy (non-hydrogen) atoms. The van der Waals surface area contributed by atoms with Crippen LogP contribution in [0.3, 0.4) is 0 Å². The Hall–Kier alpha value is -0.630. The third-order valence-corrected chi connectivity index (χ3v) is 0. The lowest BCUT2D eigenvalue weighted by atomic mass is 11.2. The maximum Gasteiger partial charge on any atom is 0.309 e. The van der Waals surface area contributed by atoms with Crippen LogP contribution in [0.25, 0.3) is 0 Å². The molecule has 4 N–H and O–H groups in total. The van der Waals surface area contributed by atoms with Crippen LogP contribution in [0.5, 0.6) is 0 Å². The van der Waals surface area contributed by atoms with Gasteiger partial charge in [0.1, 0.15) is 6.79 Å². The van der Waals surface area contributed by atoms with E-state index in [2.05, 4.69) is 11.5 Å². The third kappa shape index (κ3) is 154. The van der Waals surface area contributed by atoms with Gasteiger partial charge in [-0.25, -0.2) is 4.79 Å². The summed E-state index contributed by atoms with van der Waals surface area (Å²) in [6.07, 6.45) is 0. The van der Waals surface area contributed by atoms with Gasteiger partial charge >= 0.3 is 6.03 Å². The van der Waals surface area contributed by atoms with Gasteiger partial charge in [-0.3, -0.25) is 0 Å². The molecule has 0 saturated heterocycles. The van der Waals surface area contributed by atoms with Crippen molar-refractivity contribution < 1.29 is 9.59 Å². The number of primary amides is 2. The average Bonchev–Trinajstić information content (AvgIpc) is 1.41. The van der Waals surface area contributed by atoms with Crippen LogP contribution in [-0.2, 0) is 4.79 Å². The molecule has 0 aromatic carbocycles. The molecule has 0 aromatic heterocycles. The summed E-state index contributed by atoms with van der Waals surface area (Å²) in [5.41, 5.74) is 8.50. The maximum absolute atomic E-state index is 9.00. The van der Waals surface area contributed by atoms with E-state index >= 15 is 0 Å². The molecule has 0 rings (SSSR count). The van der Waals surface area contributed by atoms with E-state index in [0.29, 0.717) is 0 Å². The Kier molecular flexibility index (Phi) is 42.2. The molecule has 0 saturated carbocycles. The summed E-state index contributed by atoms with van der Waals surface area (Å²) in [7, 11) is 0. The molecular formula is C2H9N2O2P. The highest BCUT2D eigenvalue weighted by Crippen LogP contribution is 1.25. The second-order valence-electron chi connectivity index (χ2n) is 0.402. The van der Waals surface area contributed by atoms with Crippen molar-refractivity contribution >= 4 is 22.7 Å². The molecular weight excluding hydrogens is 115 g/mol. The number of hydrogen-bond acceptors (Lipinski definition) is 2. The van der Waals surface area contributed by atoms with Gasteiger partial charge in [0.15, 0.2) is 0 Å². The van der Waals surface area contributed by atoms with Crippen LogP contribution in [0, 0.1) is 0 Å². The number of nitrogens with two attached hydrogens (primary N) is 2. The molecule has 0 spiro atoms. The van der Waals surface area contributed by atoms with E-state index in [0.717, 1.165) is 0 Å². The Balaban J connectivity index is -0.0000000480. The molecule has 0 heterocycles. The van der Waals surface area contributed by atoms with Gasteiger partial charge in [-0.05, 0) is 0 Å². The Morgan fingerprint density at radius 3 is 1.29 bits per heavy atom. The first kappa shape index (κ1) is 16.2. The van der Waals surface area contributed by atoms with Crippen molar-refractivity contribution in [2.75, 3.05) is 0 Å². The van der Waals surface area contributed by atoms with Gasteiger partial charge < -0.3 is 16.3 Å². The number of carbonyl (C=O) groups excluding carboxylic acids is 2. The van der Waals surface area contributed by atoms with Gasteiger partial charge in [-0.1, -0.05) is 0 Å². The van der Waals surface area contributed by atoms with Crippen molar-refractivity contribution in [3.05, 3.63) is 0 Å². The summed E-state index contributed by atoms with van der Waals surface area (Å²) in [6, 6.07) is -0.833. The number of rotatable bonds is 0. The standard InChI is InChI=1S/CH4N2O.CH2O.H3P/c2-1(3)4;1-2;/h(H4,2,3,4);1H2;1H3. The van der Waals surface area contributed by atoms with Crippen LogP contribution in [-0.4, -0.2) is 12.8 Å². The second kappa shape index (κ2) is 18.3. The monoisotopic (exact) mass is 124 g/mol. The molecule has 1 unspecified atom stereocenters. The lowest BCUT2D eigenvalue weighted by Gasteiger charge is -1.62. The Morgan fingerprint density at radius 2 is 1.29 bits per heavy atom. The first-order valence-electron chi connectivity index (χ1n) is 1.07. The van der Waals surface area contributed by atoms with Crippen molar-refractivity contribution in [1.29, 1.82) is 0 Å². The SMILES string of the molecule is C=O.NC(N)=O.P. The Labute approximate surface area is 44.9 Å². The summed E-state index contributed by atoms with van der Waals surface area (Å²) < 4.78 is 0. The highest BCUT2D eigenvalue weighted by molar-refractivity contribution is 6.92. The van der Waals surface area contributed by atoms with Gasteiger partial charge in [-0.2, -0.15) is 9.90 Å². The van der Waals surface area contributed by atoms with E-state index < -0.39 is 6.03 Å². The summed E-state index contributed by atoms with van der Waals surface area (Å²) in [6.45, 7) is 2.00. The van der Waals surface area contributed by atoms with Gasteiger partial charge in [0.05, 0.1) is 0 Å². The van der Waals surface area contributed by atoms with Crippen molar-refractivity contribution in [2.45, 2.75) is 0 Å². The van der Waals surface area contributed by atoms with Crippen molar-refractivity contribution in [2.24, 2.45) is 11.5 Å². The van der Waals surface area contributed by atoms with E-state index in [1.54, 1.807) is 0 Å². The van der Waals surface area contributed by atoms with Crippen molar-refractivity contribution in [3.63, 3.8) is 0 Å². The molecule has 1 atom stereocenters. The molecule has 0 aliphatic carbocycles. The maximum atomic E-state index is 9.00. The minimum atomic E-state index is -0.833. The number of urea groups is 1. The van der Waals surface area contributed by atoms with E-state index in [1.165, 1.54) is 0 Å². The first-order valence-corrected chi connectivity index (χ1v) is 1.07. The summed E-state index contributed by atoms with van der Waals surface area (Å²) >= 11 is 0. The highest BCUT2D eigenvalue weighted by atomic mass is 31.0. The van der Waals surface area contributed by atoms with E-state index in [1.807, 2.05) is 6.79 Å². The minimum absolute atomic E-state index is 0. The average molecular weight is 124 g/mol. The number of amides is 2. The summed E-state index contributed by atoms with van der Waals surface area (Å²) in [4.78, 5) is 17.0. The molecule has 5 heteroatoms. The Morgan fingerprint density at radius 1 is 1.29 bits per heavy atom. The third-order valence-electron chi connectivity index (χ3n) is 0. The number of hydrogen-bond donors (Lipinski definition) is 2. The van der Waals surface area contributed by atoms with E-state index in [4.69, 9.17) is 9.59 Å². The molecule has 0 bridgehead atoms. The molecule has 0 aliphatic heterocycles. The fourth-order valence-electron chi connectivity index (χ4n) is 0. The zero-order chi connectivity index (χ0) is 5.58. The lowest BCUT2D eigenvalue weighted by Crippen LogP contribution is -2.18. The second-order valence-corrected chi connectivity index (χ2v) is 0.402. The molecule has 2 amide bonds. The van der Waals surface area contributed by atoms with Crippen LogP contribution in [0.2, 0.25) is 0 Å². The summed E-state index contributed by atoms with van der Waals surface area (Å²) in [5, 5.41) is 0. The lowest BCUT2D eigenvalue weighted by molar-refractivity contribution is -0.0979. The normalized spacial score (nSPS) is 4.00. The zero-order valence-electron chi connectivity index (χ0n) is 3.89. The fraction of sp³-hybridized carbons (Fsp3) is 0. The molecule has 0 aliphatic rings. The van der Waals surface area contributed by atoms with Crippen LogP contribution < -0.4 is 11.5 Å². The smallest absolute Gasteiger partial charge is 0.309 e. The zero-order valence-corrected chi connectivity index (χ0v) is 5.30. The predicted octanol–water partition coefficient (Wildman–Crippen LogP) is -1.10. The van der Waals surface area contributed by atoms with Crippen LogP contribution in [0.15, 0.2) is 0 Å². The van der Waals surface area contributed by atoms with Crippen LogP contribution in [0.1, 0.15) is 0 Å². The first-order chi connectivity index (χ1) is 2.73. The van der Waals surface area contributed by atoms with Gasteiger partial charge in [0, 0.05) is 0 Å². The van der Waals surface area contributed by atoms with Crippen LogP contribution in [0.4, 0.5) is 4.79 Å². The molecule has 0 aromatic rings. The molecule has 4 nitrogen and oxygen atoms in total. The van der Waals surface area contributed by atoms with Gasteiger partial charge in [0.2, 0.25) is 0 Å². The topological polar surface area (TPSA) is 86.2 Å². The minimum Gasteiger partial charge on any atom is -0.352 e. The van der Waals surface area contributed by atoms with E-state index in [9.17, 15) is 0 Å². The summed E-state index contributed by atoms with van der Waals surface area (Å²) in [5.74, 6) is 0. The number of carbonyl (C=O) groups is 2. The largest absolute Gasteiger partial charge is 0.352 e. The van der Waals surface area contributed by atoms with E-state index in [-0.39, 0.29) is 9.90 Å². The Bertz CT molecular complexity index is 45.0. The molecule has 44 valence electrons. The van der Waals surface area contributed by atoms with Crippen molar-refractivity contribution in [3.8, 4) is 0 Å².